The van der Waals surface area contributed by atoms with Crippen LogP contribution in [-0.4, -0.2) is 22.2 Å². The van der Waals surface area contributed by atoms with Crippen molar-refractivity contribution in [2.45, 2.75) is 104 Å². The molecule has 0 spiro atoms. The van der Waals surface area contributed by atoms with Crippen LogP contribution in [0.25, 0.3) is 0 Å². The largest absolute Gasteiger partial charge is 0.481 e. The molecule has 0 aromatic rings. The van der Waals surface area contributed by atoms with E-state index in [-0.39, 0.29) is 12.8 Å². The maximum atomic E-state index is 10.9. The normalized spacial score (nSPS) is 24.4. The number of carboxylic acid groups (broad SMARTS) is 2. The fourth-order valence-electron chi connectivity index (χ4n) is 4.90. The van der Waals surface area contributed by atoms with Crippen LogP contribution in [0.2, 0.25) is 0 Å². The van der Waals surface area contributed by atoms with Crippen molar-refractivity contribution < 1.29 is 19.8 Å². The first-order valence-electron chi connectivity index (χ1n) is 11.6. The predicted octanol–water partition coefficient (Wildman–Crippen LogP) is 6.69. The van der Waals surface area contributed by atoms with Gasteiger partial charge in [-0.3, -0.25) is 9.59 Å². The van der Waals surface area contributed by atoms with Crippen molar-refractivity contribution >= 4 is 11.9 Å². The molecule has 0 aliphatic heterocycles. The SMILES string of the molecule is CCCCCC1C(CCCC)C=CC(CCCC(=O)O)C1CCCCC(=O)O. The van der Waals surface area contributed by atoms with Gasteiger partial charge in [0.2, 0.25) is 0 Å². The van der Waals surface area contributed by atoms with Gasteiger partial charge in [0, 0.05) is 12.8 Å². The molecule has 2 N–H and O–H groups in total. The first-order valence-corrected chi connectivity index (χ1v) is 11.6. The number of rotatable bonds is 16. The van der Waals surface area contributed by atoms with Crippen molar-refractivity contribution in [3.05, 3.63) is 12.2 Å². The lowest BCUT2D eigenvalue weighted by Crippen LogP contribution is -2.32. The van der Waals surface area contributed by atoms with E-state index in [4.69, 9.17) is 10.2 Å². The summed E-state index contributed by atoms with van der Waals surface area (Å²) in [7, 11) is 0. The first kappa shape index (κ1) is 24.7. The van der Waals surface area contributed by atoms with E-state index in [1.165, 1.54) is 44.9 Å². The molecule has 4 nitrogen and oxygen atoms in total. The Morgan fingerprint density at radius 1 is 0.643 bits per heavy atom. The molecular formula is C24H42O4. The molecule has 4 atom stereocenters. The Labute approximate surface area is 171 Å². The van der Waals surface area contributed by atoms with Gasteiger partial charge in [-0.05, 0) is 62.2 Å². The molecule has 0 aromatic heterocycles. The van der Waals surface area contributed by atoms with Gasteiger partial charge < -0.3 is 10.2 Å². The standard InChI is InChI=1S/C24H42O4/c1-3-5-7-13-21-19(11-6-4-2)17-18-20(12-10-16-24(27)28)22(21)14-8-9-15-23(25)26/h17-22H,3-16H2,1-2H3,(H,25,26)(H,27,28). The smallest absolute Gasteiger partial charge is 0.303 e. The van der Waals surface area contributed by atoms with Crippen LogP contribution >= 0.6 is 0 Å². The quantitative estimate of drug-likeness (QED) is 0.226. The molecule has 4 unspecified atom stereocenters. The van der Waals surface area contributed by atoms with Gasteiger partial charge in [0.05, 0.1) is 0 Å². The molecule has 0 heterocycles. The second-order valence-corrected chi connectivity index (χ2v) is 8.60. The zero-order valence-electron chi connectivity index (χ0n) is 18.1. The third kappa shape index (κ3) is 9.75. The zero-order valence-corrected chi connectivity index (χ0v) is 18.1. The molecule has 1 aliphatic rings. The van der Waals surface area contributed by atoms with Gasteiger partial charge in [0.1, 0.15) is 0 Å². The molecule has 0 saturated carbocycles. The minimum atomic E-state index is -0.710. The molecule has 4 heteroatoms. The summed E-state index contributed by atoms with van der Waals surface area (Å²) in [5, 5.41) is 17.9. The van der Waals surface area contributed by atoms with Gasteiger partial charge in [-0.15, -0.1) is 0 Å². The van der Waals surface area contributed by atoms with Crippen LogP contribution in [0.15, 0.2) is 12.2 Å². The summed E-state index contributed by atoms with van der Waals surface area (Å²) < 4.78 is 0. The summed E-state index contributed by atoms with van der Waals surface area (Å²) in [6.45, 7) is 4.49. The Hall–Kier alpha value is -1.32. The van der Waals surface area contributed by atoms with Gasteiger partial charge in [-0.25, -0.2) is 0 Å². The Kier molecular flexibility index (Phi) is 12.9. The molecule has 0 saturated heterocycles. The maximum absolute atomic E-state index is 10.9. The van der Waals surface area contributed by atoms with Crippen molar-refractivity contribution in [1.82, 2.24) is 0 Å². The third-order valence-electron chi connectivity index (χ3n) is 6.39. The summed E-state index contributed by atoms with van der Waals surface area (Å²) in [5.41, 5.74) is 0. The van der Waals surface area contributed by atoms with Crippen molar-refractivity contribution in [1.29, 1.82) is 0 Å². The molecule has 0 fully saturated rings. The molecule has 1 rings (SSSR count). The number of carbonyl (C=O) groups is 2. The van der Waals surface area contributed by atoms with Gasteiger partial charge in [0.15, 0.2) is 0 Å². The van der Waals surface area contributed by atoms with E-state index in [1.807, 2.05) is 0 Å². The van der Waals surface area contributed by atoms with E-state index >= 15 is 0 Å². The van der Waals surface area contributed by atoms with Crippen LogP contribution in [0.4, 0.5) is 0 Å². The molecule has 0 bridgehead atoms. The topological polar surface area (TPSA) is 74.6 Å². The minimum Gasteiger partial charge on any atom is -0.481 e. The summed E-state index contributed by atoms with van der Waals surface area (Å²) in [4.78, 5) is 21.8. The van der Waals surface area contributed by atoms with Crippen molar-refractivity contribution in [3.63, 3.8) is 0 Å². The second kappa shape index (κ2) is 14.6. The second-order valence-electron chi connectivity index (χ2n) is 8.60. The lowest BCUT2D eigenvalue weighted by molar-refractivity contribution is -0.138. The van der Waals surface area contributed by atoms with Gasteiger partial charge in [-0.2, -0.15) is 0 Å². The van der Waals surface area contributed by atoms with Crippen molar-refractivity contribution in [2.75, 3.05) is 0 Å². The molecule has 162 valence electrons. The average Bonchev–Trinajstić information content (AvgIpc) is 2.65. The molecular weight excluding hydrogens is 352 g/mol. The average molecular weight is 395 g/mol. The third-order valence-corrected chi connectivity index (χ3v) is 6.39. The molecule has 0 aromatic carbocycles. The van der Waals surface area contributed by atoms with Crippen LogP contribution in [0, 0.1) is 23.7 Å². The van der Waals surface area contributed by atoms with Gasteiger partial charge >= 0.3 is 11.9 Å². The van der Waals surface area contributed by atoms with Gasteiger partial charge in [0.25, 0.3) is 0 Å². The van der Waals surface area contributed by atoms with E-state index in [2.05, 4.69) is 26.0 Å². The first-order chi connectivity index (χ1) is 13.5. The van der Waals surface area contributed by atoms with E-state index in [0.717, 1.165) is 32.1 Å². The van der Waals surface area contributed by atoms with Crippen LogP contribution in [0.3, 0.4) is 0 Å². The summed E-state index contributed by atoms with van der Waals surface area (Å²) >= 11 is 0. The summed E-state index contributed by atoms with van der Waals surface area (Å²) in [5.74, 6) is 0.916. The Bertz CT molecular complexity index is 471. The van der Waals surface area contributed by atoms with E-state index < -0.39 is 11.9 Å². The highest BCUT2D eigenvalue weighted by Crippen LogP contribution is 2.44. The highest BCUT2D eigenvalue weighted by molar-refractivity contribution is 5.66. The highest BCUT2D eigenvalue weighted by atomic mass is 16.4. The lowest BCUT2D eigenvalue weighted by Gasteiger charge is -2.41. The fourth-order valence-corrected chi connectivity index (χ4v) is 4.90. The number of hydrogen-bond donors (Lipinski definition) is 2. The Morgan fingerprint density at radius 3 is 1.61 bits per heavy atom. The molecule has 28 heavy (non-hydrogen) atoms. The number of aliphatic carboxylic acids is 2. The summed E-state index contributed by atoms with van der Waals surface area (Å²) in [6.07, 6.45) is 18.5. The number of carboxylic acids is 2. The maximum Gasteiger partial charge on any atom is 0.303 e. The monoisotopic (exact) mass is 394 g/mol. The zero-order chi connectivity index (χ0) is 20.8. The molecule has 1 aliphatic carbocycles. The Balaban J connectivity index is 2.83. The fraction of sp³-hybridized carbons (Fsp3) is 0.833. The van der Waals surface area contributed by atoms with E-state index in [9.17, 15) is 9.59 Å². The van der Waals surface area contributed by atoms with Crippen molar-refractivity contribution in [3.8, 4) is 0 Å². The minimum absolute atomic E-state index is 0.246. The van der Waals surface area contributed by atoms with E-state index in [1.54, 1.807) is 0 Å². The molecule has 0 radical (unpaired) electrons. The van der Waals surface area contributed by atoms with Crippen LogP contribution in [-0.2, 0) is 9.59 Å². The highest BCUT2D eigenvalue weighted by Gasteiger charge is 2.34. The number of unbranched alkanes of at least 4 members (excludes halogenated alkanes) is 4. The summed E-state index contributed by atoms with van der Waals surface area (Å²) in [6, 6.07) is 0. The van der Waals surface area contributed by atoms with Gasteiger partial charge in [-0.1, -0.05) is 64.5 Å². The Morgan fingerprint density at radius 2 is 1.11 bits per heavy atom. The molecule has 0 amide bonds. The predicted molar refractivity (Wildman–Crippen MR) is 114 cm³/mol. The number of allylic oxidation sites excluding steroid dienone is 2. The lowest BCUT2D eigenvalue weighted by atomic mass is 9.64. The van der Waals surface area contributed by atoms with Crippen LogP contribution < -0.4 is 0 Å². The van der Waals surface area contributed by atoms with E-state index in [0.29, 0.717) is 23.7 Å². The van der Waals surface area contributed by atoms with Crippen LogP contribution in [0.1, 0.15) is 104 Å². The van der Waals surface area contributed by atoms with Crippen molar-refractivity contribution in [2.24, 2.45) is 23.7 Å². The van der Waals surface area contributed by atoms with Crippen LogP contribution in [0.5, 0.6) is 0 Å². The number of hydrogen-bond acceptors (Lipinski definition) is 2.